The highest BCUT2D eigenvalue weighted by Crippen LogP contribution is 2.26. The molecule has 0 aliphatic carbocycles. The van der Waals surface area contributed by atoms with Crippen molar-refractivity contribution in [1.29, 1.82) is 0 Å². The first kappa shape index (κ1) is 51.4. The number of benzene rings is 3. The molecular weight excluding hydrogens is 778 g/mol. The number of nitrogen functional groups attached to an aromatic ring is 1. The maximum absolute atomic E-state index is 13.3. The maximum atomic E-state index is 13.3. The zero-order chi connectivity index (χ0) is 40.9. The predicted molar refractivity (Wildman–Crippen MR) is 218 cm³/mol. The highest BCUT2D eigenvalue weighted by molar-refractivity contribution is 5.74. The number of non-ortho nitro benzene ring substituents is 1. The third kappa shape index (κ3) is 17.0. The number of anilines is 1. The number of rotatable bonds is 7. The fraction of sp³-hybridized carbons (Fsp3) is 0.500. The number of likely N-dealkylation sites (tertiary alicyclic amines) is 3. The van der Waals surface area contributed by atoms with Gasteiger partial charge in [-0.05, 0) is 44.6 Å². The van der Waals surface area contributed by atoms with E-state index in [1.165, 1.54) is 32.0 Å². The van der Waals surface area contributed by atoms with Crippen molar-refractivity contribution in [2.75, 3.05) is 45.0 Å². The molecule has 0 unspecified atom stereocenters. The third-order valence-corrected chi connectivity index (χ3v) is 9.18. The molecule has 0 radical (unpaired) electrons. The molecule has 3 amide bonds. The summed E-state index contributed by atoms with van der Waals surface area (Å²) in [6.45, 7) is 8.12. The van der Waals surface area contributed by atoms with E-state index < -0.39 is 28.2 Å². The van der Waals surface area contributed by atoms with Crippen LogP contribution in [-0.4, -0.2) is 94.9 Å². The van der Waals surface area contributed by atoms with Gasteiger partial charge in [-0.3, -0.25) is 24.5 Å². The van der Waals surface area contributed by atoms with Crippen LogP contribution in [0.3, 0.4) is 0 Å². The Kier molecular flexibility index (Phi) is 21.2. The smallest absolute Gasteiger partial charge is 0.276 e. The molecule has 13 nitrogen and oxygen atoms in total. The minimum Gasteiger partial charge on any atom is -0.488 e. The van der Waals surface area contributed by atoms with E-state index >= 15 is 0 Å². The number of nitrogens with two attached hydrogens (primary N) is 1. The largest absolute Gasteiger partial charge is 0.488 e. The molecular formula is C42H59F4N5O8. The minimum absolute atomic E-state index is 0. The number of halogens is 4. The lowest BCUT2D eigenvalue weighted by atomic mass is 10.1. The molecule has 3 atom stereocenters. The highest BCUT2D eigenvalue weighted by Gasteiger charge is 2.26. The highest BCUT2D eigenvalue weighted by atomic mass is 19.1. The molecule has 3 saturated heterocycles. The van der Waals surface area contributed by atoms with Gasteiger partial charge in [-0.2, -0.15) is 0 Å². The lowest BCUT2D eigenvalue weighted by Gasteiger charge is -2.32. The third-order valence-electron chi connectivity index (χ3n) is 9.18. The number of hydrogen-bond acceptors (Lipinski definition) is 9. The lowest BCUT2D eigenvalue weighted by Crippen LogP contribution is -2.43. The van der Waals surface area contributed by atoms with Crippen LogP contribution < -0.4 is 19.9 Å². The van der Waals surface area contributed by atoms with Crippen molar-refractivity contribution in [3.8, 4) is 17.2 Å². The Morgan fingerprint density at radius 1 is 0.576 bits per heavy atom. The summed E-state index contributed by atoms with van der Waals surface area (Å²) < 4.78 is 69.2. The molecule has 328 valence electrons. The van der Waals surface area contributed by atoms with Crippen LogP contribution in [0.15, 0.2) is 54.6 Å². The Hall–Kier alpha value is -5.61. The Labute approximate surface area is 344 Å². The average molecular weight is 838 g/mol. The second-order valence-corrected chi connectivity index (χ2v) is 13.8. The van der Waals surface area contributed by atoms with Crippen LogP contribution in [0.25, 0.3) is 0 Å². The Bertz CT molecular complexity index is 1730. The van der Waals surface area contributed by atoms with Crippen molar-refractivity contribution in [2.24, 2.45) is 0 Å². The Morgan fingerprint density at radius 3 is 1.24 bits per heavy atom. The van der Waals surface area contributed by atoms with Gasteiger partial charge in [0.15, 0.2) is 0 Å². The van der Waals surface area contributed by atoms with Gasteiger partial charge in [0.05, 0.1) is 36.7 Å². The summed E-state index contributed by atoms with van der Waals surface area (Å²) in [6, 6.07) is 10.4. The van der Waals surface area contributed by atoms with Crippen LogP contribution in [0.4, 0.5) is 28.9 Å². The van der Waals surface area contributed by atoms with Crippen molar-refractivity contribution >= 4 is 29.1 Å². The first-order valence-corrected chi connectivity index (χ1v) is 18.3. The zero-order valence-electron chi connectivity index (χ0n) is 31.6. The zero-order valence-corrected chi connectivity index (χ0v) is 31.6. The fourth-order valence-corrected chi connectivity index (χ4v) is 6.51. The summed E-state index contributed by atoms with van der Waals surface area (Å²) in [4.78, 5) is 49.0. The predicted octanol–water partition coefficient (Wildman–Crippen LogP) is 8.18. The minimum atomic E-state index is -0.714. The van der Waals surface area contributed by atoms with Crippen LogP contribution >= 0.6 is 0 Å². The molecule has 0 aromatic heterocycles. The number of nitro benzene ring substituents is 1. The number of ether oxygens (including phenoxy) is 3. The maximum Gasteiger partial charge on any atom is 0.276 e. The van der Waals surface area contributed by atoms with E-state index in [1.54, 1.807) is 27.7 Å². The Morgan fingerprint density at radius 2 is 0.898 bits per heavy atom. The van der Waals surface area contributed by atoms with E-state index in [9.17, 15) is 42.1 Å². The summed E-state index contributed by atoms with van der Waals surface area (Å²) in [5, 5.41) is 10.7. The van der Waals surface area contributed by atoms with Crippen molar-refractivity contribution in [2.45, 2.75) is 99.9 Å². The SMILES string of the molecule is C.C.C.CC(=O)N1CCC[C@@H](Oc2cc(F)cc(F)c2)C1.CC(=O)N1CCC[C@@H](Oc2cc(F)cc([N+](=O)[O-])c2)C1.CC(=O)N1CCC[C@@H](Oc2cc(N)cc(F)c2)C1. The van der Waals surface area contributed by atoms with Crippen LogP contribution in [0.2, 0.25) is 0 Å². The van der Waals surface area contributed by atoms with Crippen LogP contribution in [-0.2, 0) is 14.4 Å². The number of carbonyl (C=O) groups is 3. The van der Waals surface area contributed by atoms with Crippen molar-refractivity contribution in [1.82, 2.24) is 14.7 Å². The van der Waals surface area contributed by atoms with Gasteiger partial charge in [0.2, 0.25) is 17.7 Å². The van der Waals surface area contributed by atoms with Gasteiger partial charge in [0.25, 0.3) is 5.69 Å². The molecule has 3 aliphatic heterocycles. The van der Waals surface area contributed by atoms with Gasteiger partial charge in [0.1, 0.15) is 58.8 Å². The van der Waals surface area contributed by atoms with E-state index in [4.69, 9.17) is 19.9 Å². The number of carbonyl (C=O) groups excluding carboxylic acids is 3. The molecule has 3 aromatic carbocycles. The van der Waals surface area contributed by atoms with Gasteiger partial charge in [-0.1, -0.05) is 22.3 Å². The average Bonchev–Trinajstić information content (AvgIpc) is 3.11. The van der Waals surface area contributed by atoms with Gasteiger partial charge in [0, 0.05) is 82.5 Å². The number of piperidine rings is 3. The molecule has 3 heterocycles. The second-order valence-electron chi connectivity index (χ2n) is 13.8. The summed E-state index contributed by atoms with van der Waals surface area (Å²) >= 11 is 0. The first-order valence-electron chi connectivity index (χ1n) is 18.3. The molecule has 0 bridgehead atoms. The van der Waals surface area contributed by atoms with Crippen molar-refractivity contribution in [3.63, 3.8) is 0 Å². The molecule has 3 fully saturated rings. The van der Waals surface area contributed by atoms with Gasteiger partial charge >= 0.3 is 0 Å². The van der Waals surface area contributed by atoms with Gasteiger partial charge in [-0.15, -0.1) is 0 Å². The standard InChI is InChI=1S/C13H15F2NO2.C13H15FN2O4.C13H17FN2O2.3CH4/c1-9(17)16-4-2-3-12(8-16)18-13-6-10(14)5-11(15)7-13;1-9(17)15-4-2-3-12(8-15)20-13-6-10(14)5-11(7-13)16(18)19;1-9(17)16-4-2-3-12(8-16)18-13-6-10(14)5-11(15)7-13;;;/h5-7,12H,2-4,8H2,1H3;5-7,12H,2-4,8H2,1H3;5-7,12H,2-4,8,15H2,1H3;3*1H4/t3*12-;;;/m111.../s1. The van der Waals surface area contributed by atoms with Gasteiger partial charge < -0.3 is 34.6 Å². The van der Waals surface area contributed by atoms with E-state index in [0.29, 0.717) is 44.2 Å². The number of nitro groups is 1. The molecule has 0 saturated carbocycles. The fourth-order valence-electron chi connectivity index (χ4n) is 6.51. The summed E-state index contributed by atoms with van der Waals surface area (Å²) in [5.41, 5.74) is 5.54. The van der Waals surface area contributed by atoms with E-state index in [0.717, 1.165) is 75.4 Å². The van der Waals surface area contributed by atoms with Crippen LogP contribution in [0.5, 0.6) is 17.2 Å². The van der Waals surface area contributed by atoms with Crippen LogP contribution in [0.1, 0.15) is 81.6 Å². The van der Waals surface area contributed by atoms with Gasteiger partial charge in [-0.25, -0.2) is 17.6 Å². The summed E-state index contributed by atoms with van der Waals surface area (Å²) in [7, 11) is 0. The van der Waals surface area contributed by atoms with E-state index in [2.05, 4.69) is 0 Å². The quantitative estimate of drug-likeness (QED) is 0.107. The number of amides is 3. The Balaban J connectivity index is 0.000000432. The molecule has 3 aliphatic rings. The topological polar surface area (TPSA) is 158 Å². The number of nitrogens with zero attached hydrogens (tertiary/aromatic N) is 4. The molecule has 17 heteroatoms. The summed E-state index contributed by atoms with van der Waals surface area (Å²) in [6.07, 6.45) is 4.33. The first-order chi connectivity index (χ1) is 26.5. The van der Waals surface area contributed by atoms with E-state index in [-0.39, 0.29) is 75.5 Å². The molecule has 2 N–H and O–H groups in total. The molecule has 6 rings (SSSR count). The second kappa shape index (κ2) is 24.3. The lowest BCUT2D eigenvalue weighted by molar-refractivity contribution is -0.385. The van der Waals surface area contributed by atoms with Crippen molar-refractivity contribution in [3.05, 3.63) is 88.0 Å². The molecule has 3 aromatic rings. The monoisotopic (exact) mass is 837 g/mol. The van der Waals surface area contributed by atoms with Crippen molar-refractivity contribution < 1.29 is 51.1 Å². The normalized spacial score (nSPS) is 18.4. The van der Waals surface area contributed by atoms with Crippen LogP contribution in [0, 0.1) is 33.4 Å². The summed E-state index contributed by atoms with van der Waals surface area (Å²) in [5.74, 6) is -1.75. The van der Waals surface area contributed by atoms with E-state index in [1.807, 2.05) is 0 Å². The number of hydrogen-bond donors (Lipinski definition) is 1. The molecule has 59 heavy (non-hydrogen) atoms. The molecule has 0 spiro atoms.